The lowest BCUT2D eigenvalue weighted by atomic mass is 10.1. The highest BCUT2D eigenvalue weighted by atomic mass is 16.6. The molecule has 0 fully saturated rings. The van der Waals surface area contributed by atoms with Crippen LogP contribution in [-0.4, -0.2) is 34.6 Å². The molecule has 6 rings (SSSR count). The molecule has 1 aliphatic heterocycles. The highest BCUT2D eigenvalue weighted by molar-refractivity contribution is 5.91. The van der Waals surface area contributed by atoms with Crippen molar-refractivity contribution in [3.8, 4) is 28.4 Å². The van der Waals surface area contributed by atoms with E-state index in [1.54, 1.807) is 47.3 Å². The van der Waals surface area contributed by atoms with Crippen LogP contribution in [-0.2, 0) is 4.79 Å². The van der Waals surface area contributed by atoms with Crippen LogP contribution in [0.4, 0.5) is 0 Å². The van der Waals surface area contributed by atoms with Crippen molar-refractivity contribution < 1.29 is 18.7 Å². The number of aromatic nitrogens is 2. The van der Waals surface area contributed by atoms with Gasteiger partial charge in [0.25, 0.3) is 5.91 Å². The van der Waals surface area contributed by atoms with E-state index in [9.17, 15) is 9.59 Å². The third-order valence-corrected chi connectivity index (χ3v) is 5.84. The number of amides is 1. The Morgan fingerprint density at radius 2 is 1.76 bits per heavy atom. The number of nitrogens with zero attached hydrogens (tertiary/aromatic N) is 3. The van der Waals surface area contributed by atoms with Crippen LogP contribution < -0.4 is 20.5 Å². The average Bonchev–Trinajstić information content (AvgIpc) is 3.36. The van der Waals surface area contributed by atoms with Gasteiger partial charge >= 0.3 is 5.63 Å². The Balaban J connectivity index is 1.31. The predicted molar refractivity (Wildman–Crippen MR) is 137 cm³/mol. The fourth-order valence-corrected chi connectivity index (χ4v) is 4.02. The van der Waals surface area contributed by atoms with E-state index >= 15 is 0 Å². The molecule has 3 aromatic carbocycles. The largest absolute Gasteiger partial charge is 0.485 e. The minimum absolute atomic E-state index is 0.0632. The van der Waals surface area contributed by atoms with Crippen molar-refractivity contribution in [2.45, 2.75) is 6.10 Å². The van der Waals surface area contributed by atoms with Gasteiger partial charge in [-0.1, -0.05) is 48.5 Å². The number of hydrogen-bond donors (Lipinski definition) is 1. The molecule has 0 saturated carbocycles. The maximum atomic E-state index is 12.9. The molecule has 0 radical (unpaired) electrons. The highest BCUT2D eigenvalue weighted by Crippen LogP contribution is 2.31. The van der Waals surface area contributed by atoms with E-state index in [-0.39, 0.29) is 12.2 Å². The molecule has 1 amide bonds. The Morgan fingerprint density at radius 3 is 2.62 bits per heavy atom. The molecule has 5 aromatic rings. The third kappa shape index (κ3) is 4.45. The molecule has 2 aromatic heterocycles. The van der Waals surface area contributed by atoms with Crippen LogP contribution in [0.1, 0.15) is 5.56 Å². The molecule has 1 unspecified atom stereocenters. The topological polar surface area (TPSA) is 108 Å². The van der Waals surface area contributed by atoms with Crippen molar-refractivity contribution in [1.82, 2.24) is 15.2 Å². The van der Waals surface area contributed by atoms with E-state index in [0.717, 1.165) is 11.1 Å². The molecule has 9 nitrogen and oxygen atoms in total. The Bertz CT molecular complexity index is 1690. The molecule has 9 heteroatoms. The normalized spacial score (nSPS) is 14.6. The van der Waals surface area contributed by atoms with Gasteiger partial charge in [-0.2, -0.15) is 10.2 Å². The van der Waals surface area contributed by atoms with Gasteiger partial charge in [0.1, 0.15) is 17.9 Å². The number of fused-ring (bicyclic) bond motifs is 2. The summed E-state index contributed by atoms with van der Waals surface area (Å²) in [5, 5.41) is 9.51. The standard InChI is InChI=1S/C28H20N4O5/c33-27(25-17-35-23-12-6-7-13-24(23)36-25)30-29-15-19-16-32(20-9-2-1-3-10-20)31-26(19)21-14-18-8-4-5-11-22(18)37-28(21)34/h1-16,25H,17H2,(H,30,33). The van der Waals surface area contributed by atoms with E-state index in [1.165, 1.54) is 6.21 Å². The van der Waals surface area contributed by atoms with Crippen molar-refractivity contribution >= 4 is 23.1 Å². The number of carbonyl (C=O) groups excluding carboxylic acids is 1. The van der Waals surface area contributed by atoms with Crippen LogP contribution in [0.3, 0.4) is 0 Å². The summed E-state index contributed by atoms with van der Waals surface area (Å²) in [4.78, 5) is 25.5. The second kappa shape index (κ2) is 9.46. The van der Waals surface area contributed by atoms with E-state index in [0.29, 0.717) is 28.3 Å². The van der Waals surface area contributed by atoms with Crippen LogP contribution in [0.25, 0.3) is 27.9 Å². The Kier molecular flexibility index (Phi) is 5.70. The molecule has 37 heavy (non-hydrogen) atoms. The quantitative estimate of drug-likeness (QED) is 0.226. The zero-order valence-corrected chi connectivity index (χ0v) is 19.4. The first-order chi connectivity index (χ1) is 18.2. The minimum atomic E-state index is -0.855. The molecule has 182 valence electrons. The van der Waals surface area contributed by atoms with Crippen LogP contribution in [0.15, 0.2) is 105 Å². The van der Waals surface area contributed by atoms with Crippen LogP contribution in [0, 0.1) is 0 Å². The van der Waals surface area contributed by atoms with Crippen molar-refractivity contribution in [3.63, 3.8) is 0 Å². The number of hydrazone groups is 1. The molecular formula is C28H20N4O5. The zero-order valence-electron chi connectivity index (χ0n) is 19.4. The molecule has 3 heterocycles. The van der Waals surface area contributed by atoms with Crippen LogP contribution in [0.5, 0.6) is 11.5 Å². The molecule has 0 spiro atoms. The lowest BCUT2D eigenvalue weighted by Gasteiger charge is -2.24. The number of nitrogens with one attached hydrogen (secondary N) is 1. The van der Waals surface area contributed by atoms with E-state index in [4.69, 9.17) is 13.9 Å². The number of ether oxygens (including phenoxy) is 2. The third-order valence-electron chi connectivity index (χ3n) is 5.84. The molecule has 1 aliphatic rings. The van der Waals surface area contributed by atoms with E-state index in [2.05, 4.69) is 15.6 Å². The molecule has 0 bridgehead atoms. The Labute approximate surface area is 210 Å². The van der Waals surface area contributed by atoms with Crippen molar-refractivity contribution in [2.75, 3.05) is 6.61 Å². The van der Waals surface area contributed by atoms with Crippen molar-refractivity contribution in [2.24, 2.45) is 5.10 Å². The van der Waals surface area contributed by atoms with Gasteiger partial charge < -0.3 is 13.9 Å². The summed E-state index contributed by atoms with van der Waals surface area (Å²) in [7, 11) is 0. The molecule has 1 N–H and O–H groups in total. The fraction of sp³-hybridized carbons (Fsp3) is 0.0714. The van der Waals surface area contributed by atoms with E-state index < -0.39 is 17.6 Å². The number of benzene rings is 3. The van der Waals surface area contributed by atoms with Gasteiger partial charge in [-0.05, 0) is 36.4 Å². The number of rotatable bonds is 5. The summed E-state index contributed by atoms with van der Waals surface area (Å²) in [6.45, 7) is 0.0632. The minimum Gasteiger partial charge on any atom is -0.485 e. The van der Waals surface area contributed by atoms with Gasteiger partial charge in [-0.15, -0.1) is 0 Å². The van der Waals surface area contributed by atoms with Gasteiger partial charge in [0.15, 0.2) is 11.5 Å². The second-order valence-electron chi connectivity index (χ2n) is 8.30. The first-order valence-corrected chi connectivity index (χ1v) is 11.6. The summed E-state index contributed by atoms with van der Waals surface area (Å²) in [5.74, 6) is 0.613. The summed E-state index contributed by atoms with van der Waals surface area (Å²) in [6.07, 6.45) is 2.31. The zero-order chi connectivity index (χ0) is 25.2. The fourth-order valence-electron chi connectivity index (χ4n) is 4.02. The summed E-state index contributed by atoms with van der Waals surface area (Å²) in [6, 6.07) is 25.6. The van der Waals surface area contributed by atoms with Crippen LogP contribution in [0.2, 0.25) is 0 Å². The second-order valence-corrected chi connectivity index (χ2v) is 8.30. The SMILES string of the molecule is O=C(NN=Cc1cn(-c2ccccc2)nc1-c1cc2ccccc2oc1=O)C1COc2ccccc2O1. The van der Waals surface area contributed by atoms with Crippen molar-refractivity contribution in [1.29, 1.82) is 0 Å². The van der Waals surface area contributed by atoms with Gasteiger partial charge in [-0.25, -0.2) is 14.9 Å². The predicted octanol–water partition coefficient (Wildman–Crippen LogP) is 3.94. The lowest BCUT2D eigenvalue weighted by Crippen LogP contribution is -2.42. The maximum Gasteiger partial charge on any atom is 0.345 e. The smallest absolute Gasteiger partial charge is 0.345 e. The Hall–Kier alpha value is -5.18. The maximum absolute atomic E-state index is 12.9. The lowest BCUT2D eigenvalue weighted by molar-refractivity contribution is -0.130. The number of hydrogen-bond acceptors (Lipinski definition) is 7. The Morgan fingerprint density at radius 1 is 1.00 bits per heavy atom. The van der Waals surface area contributed by atoms with Gasteiger partial charge in [-0.3, -0.25) is 4.79 Å². The van der Waals surface area contributed by atoms with Gasteiger partial charge in [0, 0.05) is 17.1 Å². The average molecular weight is 492 g/mol. The molecule has 1 atom stereocenters. The summed E-state index contributed by atoms with van der Waals surface area (Å²) in [5.41, 5.74) is 4.40. The number of para-hydroxylation sites is 4. The van der Waals surface area contributed by atoms with Gasteiger partial charge in [0.05, 0.1) is 17.5 Å². The van der Waals surface area contributed by atoms with Gasteiger partial charge in [0.2, 0.25) is 6.10 Å². The highest BCUT2D eigenvalue weighted by Gasteiger charge is 2.27. The van der Waals surface area contributed by atoms with Crippen LogP contribution >= 0.6 is 0 Å². The monoisotopic (exact) mass is 492 g/mol. The number of carbonyl (C=O) groups is 1. The van der Waals surface area contributed by atoms with E-state index in [1.807, 2.05) is 48.5 Å². The molecular weight excluding hydrogens is 472 g/mol. The first-order valence-electron chi connectivity index (χ1n) is 11.6. The molecule has 0 saturated heterocycles. The first kappa shape index (κ1) is 22.3. The van der Waals surface area contributed by atoms with Crippen molar-refractivity contribution in [3.05, 3.63) is 107 Å². The summed E-state index contributed by atoms with van der Waals surface area (Å²) < 4.78 is 18.5. The summed E-state index contributed by atoms with van der Waals surface area (Å²) >= 11 is 0. The molecule has 0 aliphatic carbocycles.